The van der Waals surface area contributed by atoms with Gasteiger partial charge in [0, 0.05) is 17.5 Å². The minimum atomic E-state index is -0.0763. The Labute approximate surface area is 208 Å². The molecule has 4 aromatic rings. The first kappa shape index (κ1) is 22.0. The van der Waals surface area contributed by atoms with Gasteiger partial charge in [-0.2, -0.15) is 5.10 Å². The van der Waals surface area contributed by atoms with E-state index in [1.165, 1.54) is 11.3 Å². The molecule has 166 valence electrons. The maximum Gasteiger partial charge on any atom is 0.279 e. The molecule has 0 aliphatic carbocycles. The van der Waals surface area contributed by atoms with Crippen molar-refractivity contribution < 1.29 is 4.79 Å². The number of hydrogen-bond donors (Lipinski definition) is 0. The van der Waals surface area contributed by atoms with Gasteiger partial charge in [-0.25, -0.2) is 9.67 Å². The molecule has 0 radical (unpaired) electrons. The minimum absolute atomic E-state index is 0.0763. The summed E-state index contributed by atoms with van der Waals surface area (Å²) in [6.07, 6.45) is 0. The molecule has 1 amide bonds. The van der Waals surface area contributed by atoms with Crippen LogP contribution in [-0.4, -0.2) is 22.8 Å². The van der Waals surface area contributed by atoms with Crippen molar-refractivity contribution in [1.82, 2.24) is 4.68 Å². The number of thiophene rings is 1. The van der Waals surface area contributed by atoms with E-state index in [0.29, 0.717) is 23.0 Å². The van der Waals surface area contributed by atoms with E-state index in [1.807, 2.05) is 70.9 Å². The normalized spacial score (nSPS) is 15.2. The predicted octanol–water partition coefficient (Wildman–Crippen LogP) is 6.53. The van der Waals surface area contributed by atoms with Crippen LogP contribution in [0.3, 0.4) is 0 Å². The Balaban J connectivity index is 1.71. The zero-order valence-electron chi connectivity index (χ0n) is 18.1. The lowest BCUT2D eigenvalue weighted by molar-refractivity contribution is -0.112. The summed E-state index contributed by atoms with van der Waals surface area (Å²) < 4.78 is 2.84. The smallest absolute Gasteiger partial charge is 0.279 e. The Hall–Kier alpha value is -2.81. The number of carbonyl (C=O) groups is 1. The molecule has 0 spiro atoms. The summed E-state index contributed by atoms with van der Waals surface area (Å²) in [5.74, 6) is 0.269. The van der Waals surface area contributed by atoms with Gasteiger partial charge in [-0.3, -0.25) is 4.79 Å². The average Bonchev–Trinajstić information content (AvgIpc) is 3.48. The number of para-hydroxylation sites is 2. The van der Waals surface area contributed by atoms with Gasteiger partial charge in [0.15, 0.2) is 5.71 Å². The van der Waals surface area contributed by atoms with Crippen molar-refractivity contribution in [3.63, 3.8) is 0 Å². The van der Waals surface area contributed by atoms with Gasteiger partial charge in [-0.05, 0) is 52.2 Å². The lowest BCUT2D eigenvalue weighted by Crippen LogP contribution is -2.33. The van der Waals surface area contributed by atoms with Crippen molar-refractivity contribution in [1.29, 1.82) is 0 Å². The van der Waals surface area contributed by atoms with E-state index in [1.54, 1.807) is 16.0 Å². The molecule has 5 nitrogen and oxygen atoms in total. The molecule has 1 aliphatic rings. The van der Waals surface area contributed by atoms with E-state index in [-0.39, 0.29) is 5.91 Å². The van der Waals surface area contributed by atoms with Crippen molar-refractivity contribution in [2.75, 3.05) is 11.4 Å². The average molecular weight is 538 g/mol. The number of halogens is 1. The molecule has 3 heterocycles. The first-order chi connectivity index (χ1) is 16.0. The van der Waals surface area contributed by atoms with Crippen molar-refractivity contribution in [3.05, 3.63) is 86.3 Å². The van der Waals surface area contributed by atoms with Crippen LogP contribution in [0.5, 0.6) is 0 Å². The quantitative estimate of drug-likeness (QED) is 0.286. The Kier molecular flexibility index (Phi) is 6.14. The van der Waals surface area contributed by atoms with Crippen molar-refractivity contribution in [2.24, 2.45) is 16.0 Å². The molecule has 2 aromatic heterocycles. The second kappa shape index (κ2) is 9.21. The zero-order chi connectivity index (χ0) is 22.9. The van der Waals surface area contributed by atoms with Crippen LogP contribution in [0.1, 0.15) is 19.4 Å². The molecule has 8 heteroatoms. The molecule has 2 aromatic carbocycles. The van der Waals surface area contributed by atoms with E-state index in [0.717, 1.165) is 31.3 Å². The number of aromatic nitrogens is 1. The lowest BCUT2D eigenvalue weighted by Gasteiger charge is -2.18. The van der Waals surface area contributed by atoms with Gasteiger partial charge < -0.3 is 4.90 Å². The number of rotatable bonds is 5. The summed E-state index contributed by atoms with van der Waals surface area (Å²) in [6.45, 7) is 4.87. The highest BCUT2D eigenvalue weighted by Crippen LogP contribution is 2.33. The van der Waals surface area contributed by atoms with Gasteiger partial charge >= 0.3 is 0 Å². The van der Waals surface area contributed by atoms with Crippen molar-refractivity contribution >= 4 is 61.6 Å². The third-order valence-corrected chi connectivity index (χ3v) is 7.60. The molecule has 0 unspecified atom stereocenters. The molecule has 33 heavy (non-hydrogen) atoms. The second-order valence-corrected chi connectivity index (χ2v) is 11.3. The van der Waals surface area contributed by atoms with Crippen LogP contribution in [0, 0.1) is 5.92 Å². The van der Waals surface area contributed by atoms with Crippen LogP contribution in [0.25, 0.3) is 10.6 Å². The van der Waals surface area contributed by atoms with Crippen LogP contribution in [0.4, 0.5) is 11.4 Å². The number of fused-ring (bicyclic) bond motifs is 1. The molecule has 0 saturated carbocycles. The Morgan fingerprint density at radius 3 is 2.48 bits per heavy atom. The standard InChI is InChI=1S/C25H21BrN4OS2/c1-16(2)14-29-19-11-7-6-10-18(19)23(24(29)31)28-30-20(21-12-13-22(26)33-21)15-32-25(30)27-17-8-4-3-5-9-17/h3-13,15-16H,14H2,1-2H3/b27-25?,28-23-. The predicted molar refractivity (Wildman–Crippen MR) is 141 cm³/mol. The number of anilines is 1. The number of nitrogens with zero attached hydrogens (tertiary/aromatic N) is 4. The van der Waals surface area contributed by atoms with Crippen molar-refractivity contribution in [3.8, 4) is 10.6 Å². The van der Waals surface area contributed by atoms with Gasteiger partial charge in [0.2, 0.25) is 4.80 Å². The first-order valence-corrected chi connectivity index (χ1v) is 13.1. The van der Waals surface area contributed by atoms with Crippen LogP contribution < -0.4 is 9.70 Å². The fraction of sp³-hybridized carbons (Fsp3) is 0.160. The summed E-state index contributed by atoms with van der Waals surface area (Å²) >= 11 is 6.69. The van der Waals surface area contributed by atoms with Gasteiger partial charge in [0.1, 0.15) is 0 Å². The number of amides is 1. The fourth-order valence-electron chi connectivity index (χ4n) is 3.71. The van der Waals surface area contributed by atoms with E-state index >= 15 is 0 Å². The molecule has 5 rings (SSSR count). The topological polar surface area (TPSA) is 50.0 Å². The number of carbonyl (C=O) groups excluding carboxylic acids is 1. The Morgan fingerprint density at radius 1 is 1.00 bits per heavy atom. The maximum absolute atomic E-state index is 13.5. The van der Waals surface area contributed by atoms with Crippen LogP contribution in [0.2, 0.25) is 0 Å². The van der Waals surface area contributed by atoms with E-state index in [9.17, 15) is 4.79 Å². The largest absolute Gasteiger partial charge is 0.306 e. The summed E-state index contributed by atoms with van der Waals surface area (Å²) in [5.41, 5.74) is 3.95. The molecule has 0 fully saturated rings. The lowest BCUT2D eigenvalue weighted by atomic mass is 10.1. The van der Waals surface area contributed by atoms with Gasteiger partial charge in [0.05, 0.1) is 25.7 Å². The molecular weight excluding hydrogens is 516 g/mol. The number of hydrogen-bond acceptors (Lipinski definition) is 5. The molecule has 0 bridgehead atoms. The maximum atomic E-state index is 13.5. The third kappa shape index (κ3) is 4.38. The minimum Gasteiger partial charge on any atom is -0.306 e. The highest BCUT2D eigenvalue weighted by Gasteiger charge is 2.34. The first-order valence-electron chi connectivity index (χ1n) is 10.6. The summed E-state index contributed by atoms with van der Waals surface area (Å²) in [5, 5.41) is 6.97. The van der Waals surface area contributed by atoms with Crippen LogP contribution >= 0.6 is 38.6 Å². The van der Waals surface area contributed by atoms with Crippen molar-refractivity contribution in [2.45, 2.75) is 13.8 Å². The van der Waals surface area contributed by atoms with Gasteiger partial charge in [-0.15, -0.1) is 22.7 Å². The fourth-order valence-corrected chi connectivity index (χ4v) is 6.02. The second-order valence-electron chi connectivity index (χ2n) is 8.04. The molecular formula is C25H21BrN4OS2. The molecule has 1 aliphatic heterocycles. The Bertz CT molecular complexity index is 1420. The number of benzene rings is 2. The van der Waals surface area contributed by atoms with E-state index < -0.39 is 0 Å². The molecule has 0 saturated heterocycles. The molecule has 0 atom stereocenters. The van der Waals surface area contributed by atoms with E-state index in [2.05, 4.69) is 35.8 Å². The summed E-state index contributed by atoms with van der Waals surface area (Å²) in [6, 6.07) is 21.7. The van der Waals surface area contributed by atoms with Gasteiger partial charge in [-0.1, -0.05) is 50.2 Å². The van der Waals surface area contributed by atoms with Crippen LogP contribution in [-0.2, 0) is 4.79 Å². The third-order valence-electron chi connectivity index (χ3n) is 5.14. The van der Waals surface area contributed by atoms with Gasteiger partial charge in [0.25, 0.3) is 5.91 Å². The summed E-state index contributed by atoms with van der Waals surface area (Å²) in [7, 11) is 0. The van der Waals surface area contributed by atoms with Crippen LogP contribution in [0.15, 0.2) is 86.0 Å². The van der Waals surface area contributed by atoms with E-state index in [4.69, 9.17) is 10.1 Å². The SMILES string of the molecule is CC(C)CN1C(=O)/C(=N\n2c(-c3ccc(Br)s3)csc2=Nc2ccccc2)c2ccccc21. The highest BCUT2D eigenvalue weighted by molar-refractivity contribution is 9.11. The summed E-state index contributed by atoms with van der Waals surface area (Å²) in [4.78, 5) is 21.9. The molecule has 0 N–H and O–H groups in total. The Morgan fingerprint density at radius 2 is 1.76 bits per heavy atom. The number of thiazole rings is 1. The monoisotopic (exact) mass is 536 g/mol. The zero-order valence-corrected chi connectivity index (χ0v) is 21.3. The highest BCUT2D eigenvalue weighted by atomic mass is 79.9.